The molecule has 3 aromatic heterocycles. The molecule has 0 spiro atoms. The van der Waals surface area contributed by atoms with Crippen molar-refractivity contribution >= 4 is 17.3 Å². The van der Waals surface area contributed by atoms with Crippen molar-refractivity contribution in [1.29, 1.82) is 0 Å². The molecule has 2 atom stereocenters. The van der Waals surface area contributed by atoms with Crippen molar-refractivity contribution < 1.29 is 0 Å². The molecule has 1 aliphatic heterocycles. The number of rotatable bonds is 3. The molecule has 1 N–H and O–H groups in total. The van der Waals surface area contributed by atoms with Crippen LogP contribution in [0.4, 0.5) is 0 Å². The highest BCUT2D eigenvalue weighted by Gasteiger charge is 2.39. The van der Waals surface area contributed by atoms with Crippen LogP contribution in [0.5, 0.6) is 0 Å². The van der Waals surface area contributed by atoms with Gasteiger partial charge in [-0.25, -0.2) is 0 Å². The number of aromatic nitrogens is 3. The van der Waals surface area contributed by atoms with Gasteiger partial charge in [0.1, 0.15) is 0 Å². The van der Waals surface area contributed by atoms with Gasteiger partial charge in [-0.2, -0.15) is 0 Å². The van der Waals surface area contributed by atoms with Crippen molar-refractivity contribution in [3.63, 3.8) is 0 Å². The smallest absolute Gasteiger partial charge is 0.169 e. The number of aryl methyl sites for hydroxylation is 1. The summed E-state index contributed by atoms with van der Waals surface area (Å²) in [5, 5.41) is 4.18. The summed E-state index contributed by atoms with van der Waals surface area (Å²) in [6.07, 6.45) is 5.51. The maximum Gasteiger partial charge on any atom is 0.169 e. The van der Waals surface area contributed by atoms with Crippen LogP contribution in [0, 0.1) is 13.8 Å². The summed E-state index contributed by atoms with van der Waals surface area (Å²) in [7, 11) is 2.04. The SMILES string of the molecule is Cc1cc([C@H]2[C@H](c3ccccn3)NC(=S)N2C)c(C)n1-c1cccnc1. The average Bonchev–Trinajstić information content (AvgIpc) is 3.12. The van der Waals surface area contributed by atoms with Crippen molar-refractivity contribution in [3.05, 3.63) is 77.6 Å². The average molecular weight is 363 g/mol. The predicted octanol–water partition coefficient (Wildman–Crippen LogP) is 3.49. The summed E-state index contributed by atoms with van der Waals surface area (Å²) in [6, 6.07) is 12.4. The highest BCUT2D eigenvalue weighted by Crippen LogP contribution is 2.40. The molecule has 0 bridgehead atoms. The van der Waals surface area contributed by atoms with E-state index in [0.29, 0.717) is 0 Å². The minimum Gasteiger partial charge on any atom is -0.352 e. The second-order valence-corrected chi connectivity index (χ2v) is 7.00. The summed E-state index contributed by atoms with van der Waals surface area (Å²) in [4.78, 5) is 11.0. The fourth-order valence-corrected chi connectivity index (χ4v) is 4.06. The third-order valence-corrected chi connectivity index (χ3v) is 5.44. The molecule has 1 aliphatic rings. The van der Waals surface area contributed by atoms with E-state index in [1.165, 1.54) is 17.0 Å². The molecule has 4 heterocycles. The molecule has 1 fully saturated rings. The lowest BCUT2D eigenvalue weighted by Gasteiger charge is -2.24. The molecule has 0 amide bonds. The van der Waals surface area contributed by atoms with E-state index in [9.17, 15) is 0 Å². The Morgan fingerprint density at radius 1 is 1.12 bits per heavy atom. The van der Waals surface area contributed by atoms with Crippen LogP contribution >= 0.6 is 12.2 Å². The van der Waals surface area contributed by atoms with Crippen molar-refractivity contribution in [2.75, 3.05) is 7.05 Å². The fourth-order valence-electron chi connectivity index (χ4n) is 3.82. The van der Waals surface area contributed by atoms with Gasteiger partial charge in [-0.15, -0.1) is 0 Å². The van der Waals surface area contributed by atoms with Gasteiger partial charge in [-0.05, 0) is 62.0 Å². The summed E-state index contributed by atoms with van der Waals surface area (Å²) in [5.74, 6) is 0. The van der Waals surface area contributed by atoms with Crippen molar-refractivity contribution in [3.8, 4) is 5.69 Å². The van der Waals surface area contributed by atoms with Gasteiger partial charge in [0, 0.05) is 30.8 Å². The highest BCUT2D eigenvalue weighted by atomic mass is 32.1. The zero-order chi connectivity index (χ0) is 18.3. The molecule has 0 saturated carbocycles. The van der Waals surface area contributed by atoms with Gasteiger partial charge in [-0.1, -0.05) is 6.07 Å². The number of hydrogen-bond acceptors (Lipinski definition) is 3. The zero-order valence-corrected chi connectivity index (χ0v) is 15.9. The van der Waals surface area contributed by atoms with Crippen molar-refractivity contribution in [1.82, 2.24) is 24.8 Å². The lowest BCUT2D eigenvalue weighted by Crippen LogP contribution is -2.25. The summed E-state index contributed by atoms with van der Waals surface area (Å²) in [6.45, 7) is 4.28. The second kappa shape index (κ2) is 6.53. The Morgan fingerprint density at radius 2 is 1.96 bits per heavy atom. The Bertz CT molecular complexity index is 936. The number of nitrogens with zero attached hydrogens (tertiary/aromatic N) is 4. The molecule has 3 aromatic rings. The van der Waals surface area contributed by atoms with Crippen LogP contribution in [-0.4, -0.2) is 31.6 Å². The van der Waals surface area contributed by atoms with Crippen LogP contribution in [0.3, 0.4) is 0 Å². The molecule has 1 saturated heterocycles. The third kappa shape index (κ3) is 2.66. The number of likely N-dealkylation sites (N-methyl/N-ethyl adjacent to an activating group) is 1. The Balaban J connectivity index is 1.82. The van der Waals surface area contributed by atoms with Crippen LogP contribution in [0.15, 0.2) is 55.0 Å². The second-order valence-electron chi connectivity index (χ2n) is 6.61. The normalized spacial score (nSPS) is 19.7. The van der Waals surface area contributed by atoms with Crippen LogP contribution in [0.2, 0.25) is 0 Å². The fraction of sp³-hybridized carbons (Fsp3) is 0.250. The van der Waals surface area contributed by atoms with Gasteiger partial charge in [-0.3, -0.25) is 9.97 Å². The van der Waals surface area contributed by atoms with E-state index in [2.05, 4.69) is 50.7 Å². The Hall–Kier alpha value is -2.73. The monoisotopic (exact) mass is 363 g/mol. The third-order valence-electron chi connectivity index (χ3n) is 5.03. The summed E-state index contributed by atoms with van der Waals surface area (Å²) in [5.41, 5.74) is 5.68. The van der Waals surface area contributed by atoms with E-state index in [1.807, 2.05) is 43.7 Å². The quantitative estimate of drug-likeness (QED) is 0.722. The van der Waals surface area contributed by atoms with E-state index in [0.717, 1.165) is 16.5 Å². The largest absolute Gasteiger partial charge is 0.352 e. The first kappa shape index (κ1) is 16.7. The number of hydrogen-bond donors (Lipinski definition) is 1. The maximum absolute atomic E-state index is 5.54. The minimum absolute atomic E-state index is 0.0246. The molecule has 0 unspecified atom stereocenters. The van der Waals surface area contributed by atoms with E-state index >= 15 is 0 Å². The minimum atomic E-state index is 0.0246. The lowest BCUT2D eigenvalue weighted by molar-refractivity contribution is 0.367. The molecule has 0 aliphatic carbocycles. The zero-order valence-electron chi connectivity index (χ0n) is 15.0. The molecular formula is C20H21N5S. The number of nitrogens with one attached hydrogen (secondary N) is 1. The van der Waals surface area contributed by atoms with Crippen LogP contribution in [-0.2, 0) is 0 Å². The molecule has 4 rings (SSSR count). The molecule has 26 heavy (non-hydrogen) atoms. The highest BCUT2D eigenvalue weighted by molar-refractivity contribution is 7.80. The Morgan fingerprint density at radius 3 is 2.65 bits per heavy atom. The van der Waals surface area contributed by atoms with Crippen LogP contribution in [0.1, 0.15) is 34.7 Å². The van der Waals surface area contributed by atoms with Crippen molar-refractivity contribution in [2.24, 2.45) is 0 Å². The molecule has 0 aromatic carbocycles. The van der Waals surface area contributed by atoms with E-state index in [-0.39, 0.29) is 12.1 Å². The Kier molecular flexibility index (Phi) is 4.20. The van der Waals surface area contributed by atoms with E-state index in [1.54, 1.807) is 6.20 Å². The van der Waals surface area contributed by atoms with E-state index in [4.69, 9.17) is 12.2 Å². The van der Waals surface area contributed by atoms with Gasteiger partial charge in [0.15, 0.2) is 5.11 Å². The van der Waals surface area contributed by atoms with E-state index < -0.39 is 0 Å². The molecule has 5 nitrogen and oxygen atoms in total. The Labute approximate surface area is 158 Å². The molecule has 6 heteroatoms. The van der Waals surface area contributed by atoms with Gasteiger partial charge >= 0.3 is 0 Å². The van der Waals surface area contributed by atoms with Gasteiger partial charge in [0.05, 0.1) is 29.7 Å². The molecule has 0 radical (unpaired) electrons. The standard InChI is InChI=1S/C20H21N5S/c1-13-11-16(14(2)25(13)15-7-6-9-21-12-15)19-18(23-20(26)24(19)3)17-8-4-5-10-22-17/h4-12,18-19H,1-3H3,(H,23,26)/t18-,19-/m0/s1. The first-order chi connectivity index (χ1) is 12.6. The first-order valence-corrected chi connectivity index (χ1v) is 9.02. The van der Waals surface area contributed by atoms with Crippen molar-refractivity contribution in [2.45, 2.75) is 25.9 Å². The number of thiocarbonyl (C=S) groups is 1. The van der Waals surface area contributed by atoms with Gasteiger partial charge < -0.3 is 14.8 Å². The lowest BCUT2D eigenvalue weighted by atomic mass is 9.97. The maximum atomic E-state index is 5.54. The van der Waals surface area contributed by atoms with Crippen LogP contribution in [0.25, 0.3) is 5.69 Å². The molecule has 132 valence electrons. The first-order valence-electron chi connectivity index (χ1n) is 8.61. The summed E-state index contributed by atoms with van der Waals surface area (Å²) >= 11 is 5.54. The van der Waals surface area contributed by atoms with Crippen LogP contribution < -0.4 is 5.32 Å². The predicted molar refractivity (Wildman–Crippen MR) is 106 cm³/mol. The van der Waals surface area contributed by atoms with Gasteiger partial charge in [0.2, 0.25) is 0 Å². The topological polar surface area (TPSA) is 46.0 Å². The molecular weight excluding hydrogens is 342 g/mol. The summed E-state index contributed by atoms with van der Waals surface area (Å²) < 4.78 is 2.24. The number of pyridine rings is 2. The van der Waals surface area contributed by atoms with Gasteiger partial charge in [0.25, 0.3) is 0 Å².